The van der Waals surface area contributed by atoms with Crippen molar-refractivity contribution in [3.05, 3.63) is 12.8 Å². The quantitative estimate of drug-likeness (QED) is 0.410. The molecule has 0 amide bonds. The fourth-order valence-electron chi connectivity index (χ4n) is 1.34. The summed E-state index contributed by atoms with van der Waals surface area (Å²) in [5.41, 5.74) is 0. The average Bonchev–Trinajstić information content (AvgIpc) is 2.15. The summed E-state index contributed by atoms with van der Waals surface area (Å²) in [5, 5.41) is 0. The van der Waals surface area contributed by atoms with Crippen LogP contribution in [0.15, 0.2) is 0 Å². The van der Waals surface area contributed by atoms with Gasteiger partial charge in [0, 0.05) is 12.3 Å². The van der Waals surface area contributed by atoms with E-state index in [4.69, 9.17) is 0 Å². The van der Waals surface area contributed by atoms with Crippen LogP contribution in [0.5, 0.6) is 0 Å². The first-order valence-corrected chi connectivity index (χ1v) is 5.85. The lowest BCUT2D eigenvalue weighted by atomic mass is 10.1. The van der Waals surface area contributed by atoms with Crippen molar-refractivity contribution in [1.82, 2.24) is 0 Å². The molecule has 14 heavy (non-hydrogen) atoms. The zero-order chi connectivity index (χ0) is 10.6. The normalized spacial score (nSPS) is 10.0. The van der Waals surface area contributed by atoms with Gasteiger partial charge in [-0.3, -0.25) is 0 Å². The van der Waals surface area contributed by atoms with E-state index in [1.54, 1.807) is 0 Å². The van der Waals surface area contributed by atoms with Crippen LogP contribution in [0.25, 0.3) is 0 Å². The number of hydrogen-bond donors (Lipinski definition) is 0. The van der Waals surface area contributed by atoms with Gasteiger partial charge in [-0.05, 0) is 20.3 Å². The van der Waals surface area contributed by atoms with E-state index < -0.39 is 0 Å². The highest BCUT2D eigenvalue weighted by Crippen LogP contribution is 2.07. The third-order valence-electron chi connectivity index (χ3n) is 2.14. The van der Waals surface area contributed by atoms with Crippen molar-refractivity contribution >= 4 is 0 Å². The Kier molecular flexibility index (Phi) is 10.3. The maximum Gasteiger partial charge on any atom is 0.0418 e. The van der Waals surface area contributed by atoms with Crippen molar-refractivity contribution in [1.29, 1.82) is 0 Å². The van der Waals surface area contributed by atoms with E-state index in [-0.39, 0.29) is 0 Å². The predicted molar refractivity (Wildman–Crippen MR) is 64.7 cm³/mol. The van der Waals surface area contributed by atoms with Gasteiger partial charge in [-0.1, -0.05) is 51.4 Å². The highest BCUT2D eigenvalue weighted by atomic mass is 13.9. The summed E-state index contributed by atoms with van der Waals surface area (Å²) < 4.78 is 0. The smallest absolute Gasteiger partial charge is 0.0418 e. The lowest BCUT2D eigenvalue weighted by Crippen LogP contribution is -1.80. The Hall–Kier alpha value is -0.440. The van der Waals surface area contributed by atoms with Gasteiger partial charge in [0.2, 0.25) is 0 Å². The van der Waals surface area contributed by atoms with Crippen molar-refractivity contribution in [2.45, 2.75) is 65.2 Å². The van der Waals surface area contributed by atoms with Crippen LogP contribution in [-0.2, 0) is 0 Å². The molecule has 0 heteroatoms. The minimum absolute atomic E-state index is 1.07. The summed E-state index contributed by atoms with van der Waals surface area (Å²) in [6.07, 6.45) is 10.2. The second-order valence-electron chi connectivity index (χ2n) is 4.03. The molecule has 0 saturated heterocycles. The molecule has 0 aliphatic carbocycles. The van der Waals surface area contributed by atoms with E-state index in [2.05, 4.69) is 32.6 Å². The second kappa shape index (κ2) is 10.6. The average molecular weight is 192 g/mol. The van der Waals surface area contributed by atoms with Crippen molar-refractivity contribution in [2.75, 3.05) is 0 Å². The molecule has 0 N–H and O–H groups in total. The third-order valence-corrected chi connectivity index (χ3v) is 2.14. The lowest BCUT2D eigenvalue weighted by Gasteiger charge is -1.98. The fourth-order valence-corrected chi connectivity index (χ4v) is 1.34. The summed E-state index contributed by atoms with van der Waals surface area (Å²) in [4.78, 5) is 0. The molecule has 0 spiro atoms. The molecule has 0 nitrogen and oxygen atoms in total. The molecule has 0 bridgehead atoms. The highest BCUT2D eigenvalue weighted by molar-refractivity contribution is 5.16. The van der Waals surface area contributed by atoms with E-state index in [1.807, 2.05) is 0 Å². The van der Waals surface area contributed by atoms with Gasteiger partial charge < -0.3 is 0 Å². The van der Waals surface area contributed by atoms with Crippen LogP contribution in [0.2, 0.25) is 0 Å². The van der Waals surface area contributed by atoms with Gasteiger partial charge in [0.15, 0.2) is 0 Å². The van der Waals surface area contributed by atoms with E-state index >= 15 is 0 Å². The van der Waals surface area contributed by atoms with Crippen molar-refractivity contribution < 1.29 is 0 Å². The molecule has 0 aliphatic rings. The van der Waals surface area contributed by atoms with E-state index in [0.717, 1.165) is 12.8 Å². The zero-order valence-corrected chi connectivity index (χ0v) is 9.86. The van der Waals surface area contributed by atoms with Crippen LogP contribution in [-0.4, -0.2) is 0 Å². The molecule has 0 unspecified atom stereocenters. The van der Waals surface area contributed by atoms with Crippen molar-refractivity contribution in [2.24, 2.45) is 0 Å². The SMILES string of the molecule is [CH2]CCCCCCCCC#C[C](C)C. The van der Waals surface area contributed by atoms with Gasteiger partial charge in [-0.2, -0.15) is 0 Å². The lowest BCUT2D eigenvalue weighted by molar-refractivity contribution is 0.601. The third kappa shape index (κ3) is 11.6. The molecule has 0 aromatic carbocycles. The Labute approximate surface area is 90.5 Å². The Balaban J connectivity index is 3.04. The van der Waals surface area contributed by atoms with Crippen molar-refractivity contribution in [3.63, 3.8) is 0 Å². The minimum Gasteiger partial charge on any atom is -0.103 e. The van der Waals surface area contributed by atoms with Gasteiger partial charge in [-0.15, -0.1) is 5.92 Å². The number of hydrogen-bond acceptors (Lipinski definition) is 0. The summed E-state index contributed by atoms with van der Waals surface area (Å²) in [6, 6.07) is 0. The van der Waals surface area contributed by atoms with Gasteiger partial charge in [0.25, 0.3) is 0 Å². The Bertz CT molecular complexity index is 157. The summed E-state index contributed by atoms with van der Waals surface area (Å²) in [7, 11) is 0. The fraction of sp³-hybridized carbons (Fsp3) is 0.714. The van der Waals surface area contributed by atoms with Gasteiger partial charge in [-0.25, -0.2) is 0 Å². The first-order valence-electron chi connectivity index (χ1n) is 5.85. The zero-order valence-electron chi connectivity index (χ0n) is 9.86. The molecule has 0 rings (SSSR count). The monoisotopic (exact) mass is 192 g/mol. The van der Waals surface area contributed by atoms with Crippen molar-refractivity contribution in [3.8, 4) is 11.8 Å². The van der Waals surface area contributed by atoms with Crippen LogP contribution in [0.3, 0.4) is 0 Å². The van der Waals surface area contributed by atoms with E-state index in [9.17, 15) is 0 Å². The summed E-state index contributed by atoms with van der Waals surface area (Å²) >= 11 is 0. The molecular formula is C14H24. The molecule has 0 saturated carbocycles. The van der Waals surface area contributed by atoms with Crippen LogP contribution < -0.4 is 0 Å². The predicted octanol–water partition coefficient (Wildman–Crippen LogP) is 4.56. The Morgan fingerprint density at radius 1 is 0.929 bits per heavy atom. The van der Waals surface area contributed by atoms with E-state index in [1.165, 1.54) is 44.4 Å². The topological polar surface area (TPSA) is 0 Å². The van der Waals surface area contributed by atoms with Gasteiger partial charge in [0.05, 0.1) is 0 Å². The molecule has 0 aromatic heterocycles. The summed E-state index contributed by atoms with van der Waals surface area (Å²) in [6.45, 7) is 7.96. The summed E-state index contributed by atoms with van der Waals surface area (Å²) in [5.74, 6) is 7.53. The Morgan fingerprint density at radius 3 is 2.07 bits per heavy atom. The van der Waals surface area contributed by atoms with Gasteiger partial charge in [0.1, 0.15) is 0 Å². The molecule has 0 aromatic rings. The first kappa shape index (κ1) is 13.6. The number of rotatable bonds is 7. The van der Waals surface area contributed by atoms with Gasteiger partial charge >= 0.3 is 0 Å². The standard InChI is InChI=1S/C14H24/c1-4-5-6-7-8-9-10-11-12-13-14(2)3/h1,4-11H2,2-3H3. The maximum absolute atomic E-state index is 3.84. The molecule has 0 fully saturated rings. The Morgan fingerprint density at radius 2 is 1.50 bits per heavy atom. The minimum atomic E-state index is 1.07. The van der Waals surface area contributed by atoms with Crippen LogP contribution in [0.4, 0.5) is 0 Å². The van der Waals surface area contributed by atoms with Crippen LogP contribution in [0.1, 0.15) is 65.2 Å². The van der Waals surface area contributed by atoms with E-state index in [0.29, 0.717) is 0 Å². The molecule has 0 aliphatic heterocycles. The molecule has 2 radical (unpaired) electrons. The van der Waals surface area contributed by atoms with Crippen LogP contribution in [0, 0.1) is 24.7 Å². The molecule has 0 heterocycles. The largest absolute Gasteiger partial charge is 0.103 e. The molecule has 0 atom stereocenters. The molecule has 80 valence electrons. The number of unbranched alkanes of at least 4 members (excludes halogenated alkanes) is 7. The molecular weight excluding hydrogens is 168 g/mol. The second-order valence-corrected chi connectivity index (χ2v) is 4.03. The highest BCUT2D eigenvalue weighted by Gasteiger charge is 1.89. The first-order chi connectivity index (χ1) is 6.77. The maximum atomic E-state index is 3.84. The van der Waals surface area contributed by atoms with Crippen LogP contribution >= 0.6 is 0 Å².